The van der Waals surface area contributed by atoms with E-state index in [2.05, 4.69) is 0 Å². The predicted octanol–water partition coefficient (Wildman–Crippen LogP) is 2.27. The molecule has 0 aliphatic rings. The first kappa shape index (κ1) is 13.2. The van der Waals surface area contributed by atoms with Crippen LogP contribution in [0.25, 0.3) is 0 Å². The molecular formula is C13H10FNO3S. The molecule has 0 saturated carbocycles. The van der Waals surface area contributed by atoms with E-state index in [4.69, 9.17) is 10.5 Å². The zero-order valence-electron chi connectivity index (χ0n) is 9.71. The van der Waals surface area contributed by atoms with E-state index in [1.165, 1.54) is 35.6 Å². The molecule has 2 aromatic rings. The first-order chi connectivity index (χ1) is 9.08. The van der Waals surface area contributed by atoms with Crippen molar-refractivity contribution in [3.8, 4) is 0 Å². The lowest BCUT2D eigenvalue weighted by molar-refractivity contribution is -0.127. The first-order valence-electron chi connectivity index (χ1n) is 5.36. The van der Waals surface area contributed by atoms with Gasteiger partial charge in [0.05, 0.1) is 5.56 Å². The van der Waals surface area contributed by atoms with E-state index in [9.17, 15) is 14.0 Å². The van der Waals surface area contributed by atoms with Gasteiger partial charge < -0.3 is 10.5 Å². The lowest BCUT2D eigenvalue weighted by Gasteiger charge is -2.14. The molecule has 0 unspecified atom stereocenters. The molecule has 0 radical (unpaired) electrons. The molecule has 0 fully saturated rings. The number of benzene rings is 1. The van der Waals surface area contributed by atoms with Crippen molar-refractivity contribution in [2.75, 3.05) is 0 Å². The second-order valence-electron chi connectivity index (χ2n) is 3.75. The second-order valence-corrected chi connectivity index (χ2v) is 4.53. The van der Waals surface area contributed by atoms with Crippen LogP contribution in [0.1, 0.15) is 22.0 Å². The highest BCUT2D eigenvalue weighted by atomic mass is 32.1. The van der Waals surface area contributed by atoms with Crippen molar-refractivity contribution < 1.29 is 18.7 Å². The van der Waals surface area contributed by atoms with Gasteiger partial charge in [-0.2, -0.15) is 11.3 Å². The third-order valence-corrected chi connectivity index (χ3v) is 3.10. The summed E-state index contributed by atoms with van der Waals surface area (Å²) in [5.41, 5.74) is 5.88. The van der Waals surface area contributed by atoms with Crippen molar-refractivity contribution in [2.45, 2.75) is 6.10 Å². The Morgan fingerprint density at radius 3 is 2.42 bits per heavy atom. The number of esters is 1. The minimum absolute atomic E-state index is 0.331. The summed E-state index contributed by atoms with van der Waals surface area (Å²) >= 11 is 1.33. The van der Waals surface area contributed by atoms with Crippen LogP contribution < -0.4 is 5.73 Å². The highest BCUT2D eigenvalue weighted by Crippen LogP contribution is 2.20. The number of ether oxygens (including phenoxy) is 1. The van der Waals surface area contributed by atoms with Crippen LogP contribution in [0.2, 0.25) is 0 Å². The van der Waals surface area contributed by atoms with Gasteiger partial charge in [-0.1, -0.05) is 12.1 Å². The minimum Gasteiger partial charge on any atom is -0.444 e. The lowest BCUT2D eigenvalue weighted by Crippen LogP contribution is -2.26. The highest BCUT2D eigenvalue weighted by molar-refractivity contribution is 7.08. The fraction of sp³-hybridized carbons (Fsp3) is 0.0769. The number of primary amides is 1. The number of carbonyl (C=O) groups excluding carboxylic acids is 2. The molecule has 1 aromatic heterocycles. The Hall–Kier alpha value is -2.21. The van der Waals surface area contributed by atoms with E-state index >= 15 is 0 Å². The summed E-state index contributed by atoms with van der Waals surface area (Å²) in [4.78, 5) is 23.1. The summed E-state index contributed by atoms with van der Waals surface area (Å²) in [7, 11) is 0. The van der Waals surface area contributed by atoms with Gasteiger partial charge in [-0.25, -0.2) is 9.18 Å². The summed E-state index contributed by atoms with van der Waals surface area (Å²) in [6.07, 6.45) is -1.23. The summed E-state index contributed by atoms with van der Waals surface area (Å²) in [6.45, 7) is 0. The molecule has 0 aliphatic carbocycles. The number of hydrogen-bond acceptors (Lipinski definition) is 4. The van der Waals surface area contributed by atoms with Crippen LogP contribution in [-0.2, 0) is 9.53 Å². The van der Waals surface area contributed by atoms with Crippen LogP contribution >= 0.6 is 11.3 Å². The fourth-order valence-corrected chi connectivity index (χ4v) is 2.11. The molecule has 6 heteroatoms. The number of hydrogen-bond donors (Lipinski definition) is 1. The molecule has 4 nitrogen and oxygen atoms in total. The topological polar surface area (TPSA) is 69.4 Å². The van der Waals surface area contributed by atoms with Crippen LogP contribution in [0.4, 0.5) is 4.39 Å². The second kappa shape index (κ2) is 5.62. The van der Waals surface area contributed by atoms with Gasteiger partial charge in [0, 0.05) is 10.9 Å². The van der Waals surface area contributed by atoms with E-state index in [0.29, 0.717) is 11.1 Å². The van der Waals surface area contributed by atoms with Crippen LogP contribution in [-0.4, -0.2) is 11.9 Å². The zero-order valence-corrected chi connectivity index (χ0v) is 10.5. The lowest BCUT2D eigenvalue weighted by atomic mass is 10.1. The molecular weight excluding hydrogens is 269 g/mol. The van der Waals surface area contributed by atoms with Crippen molar-refractivity contribution in [1.82, 2.24) is 0 Å². The summed E-state index contributed by atoms with van der Waals surface area (Å²) in [6, 6.07) is 6.63. The zero-order chi connectivity index (χ0) is 13.8. The molecule has 1 amide bonds. The van der Waals surface area contributed by atoms with Gasteiger partial charge in [0.2, 0.25) is 6.10 Å². The molecule has 0 aliphatic heterocycles. The van der Waals surface area contributed by atoms with Crippen molar-refractivity contribution in [1.29, 1.82) is 0 Å². The molecule has 0 spiro atoms. The van der Waals surface area contributed by atoms with Gasteiger partial charge in [-0.3, -0.25) is 4.79 Å². The Labute approximate surface area is 112 Å². The van der Waals surface area contributed by atoms with E-state index in [1.54, 1.807) is 16.8 Å². The molecule has 0 saturated heterocycles. The van der Waals surface area contributed by atoms with Crippen LogP contribution in [0.15, 0.2) is 41.1 Å². The third kappa shape index (κ3) is 3.17. The van der Waals surface area contributed by atoms with Gasteiger partial charge in [-0.05, 0) is 23.6 Å². The summed E-state index contributed by atoms with van der Waals surface area (Å²) in [5, 5.41) is 3.32. The van der Waals surface area contributed by atoms with Gasteiger partial charge in [0.25, 0.3) is 5.91 Å². The predicted molar refractivity (Wildman–Crippen MR) is 68.1 cm³/mol. The quantitative estimate of drug-likeness (QED) is 0.873. The number of nitrogens with two attached hydrogens (primary N) is 1. The Balaban J connectivity index is 2.19. The largest absolute Gasteiger partial charge is 0.444 e. The third-order valence-electron chi connectivity index (χ3n) is 2.41. The van der Waals surface area contributed by atoms with Crippen LogP contribution in [0.5, 0.6) is 0 Å². The normalized spacial score (nSPS) is 11.8. The minimum atomic E-state index is -1.23. The van der Waals surface area contributed by atoms with Gasteiger partial charge in [-0.15, -0.1) is 0 Å². The molecule has 1 heterocycles. The van der Waals surface area contributed by atoms with Crippen LogP contribution in [0.3, 0.4) is 0 Å². The average molecular weight is 279 g/mol. The molecule has 2 rings (SSSR count). The van der Waals surface area contributed by atoms with Gasteiger partial charge in [0.1, 0.15) is 5.82 Å². The Morgan fingerprint density at radius 1 is 1.21 bits per heavy atom. The first-order valence-corrected chi connectivity index (χ1v) is 6.30. The Kier molecular flexibility index (Phi) is 3.91. The molecule has 0 bridgehead atoms. The van der Waals surface area contributed by atoms with E-state index in [0.717, 1.165) is 0 Å². The van der Waals surface area contributed by atoms with E-state index in [1.807, 2.05) is 0 Å². The summed E-state index contributed by atoms with van der Waals surface area (Å²) < 4.78 is 17.9. The fourth-order valence-electron chi connectivity index (χ4n) is 1.48. The van der Waals surface area contributed by atoms with E-state index in [-0.39, 0.29) is 0 Å². The van der Waals surface area contributed by atoms with Crippen molar-refractivity contribution >= 4 is 23.2 Å². The highest BCUT2D eigenvalue weighted by Gasteiger charge is 2.23. The van der Waals surface area contributed by atoms with Crippen molar-refractivity contribution in [2.24, 2.45) is 5.73 Å². The van der Waals surface area contributed by atoms with Crippen molar-refractivity contribution in [3.63, 3.8) is 0 Å². The molecule has 1 aromatic carbocycles. The standard InChI is InChI=1S/C13H10FNO3S/c14-10-3-1-8(2-4-10)11(12(15)16)18-13(17)9-5-6-19-7-9/h1-7,11H,(H2,15,16)/t11-/m1/s1. The van der Waals surface area contributed by atoms with E-state index < -0.39 is 23.8 Å². The number of halogens is 1. The Morgan fingerprint density at radius 2 is 1.89 bits per heavy atom. The number of thiophene rings is 1. The average Bonchev–Trinajstić information content (AvgIpc) is 2.90. The van der Waals surface area contributed by atoms with Gasteiger partial charge in [0.15, 0.2) is 0 Å². The monoisotopic (exact) mass is 279 g/mol. The van der Waals surface area contributed by atoms with Crippen molar-refractivity contribution in [3.05, 3.63) is 58.0 Å². The maximum Gasteiger partial charge on any atom is 0.340 e. The Bertz CT molecular complexity index is 580. The molecule has 2 N–H and O–H groups in total. The molecule has 19 heavy (non-hydrogen) atoms. The number of rotatable bonds is 4. The van der Waals surface area contributed by atoms with Gasteiger partial charge >= 0.3 is 5.97 Å². The SMILES string of the molecule is NC(=O)[C@H](OC(=O)c1ccsc1)c1ccc(F)cc1. The number of carbonyl (C=O) groups is 2. The maximum absolute atomic E-state index is 12.8. The molecule has 1 atom stereocenters. The number of amides is 1. The molecule has 98 valence electrons. The van der Waals surface area contributed by atoms with Crippen LogP contribution in [0, 0.1) is 5.82 Å². The smallest absolute Gasteiger partial charge is 0.340 e. The summed E-state index contributed by atoms with van der Waals surface area (Å²) in [5.74, 6) is -1.90. The maximum atomic E-state index is 12.8.